The Morgan fingerprint density at radius 1 is 1.37 bits per heavy atom. The molecule has 0 fully saturated rings. The van der Waals surface area contributed by atoms with E-state index in [1.165, 1.54) is 0 Å². The second kappa shape index (κ2) is 7.55. The first kappa shape index (κ1) is 15.2. The van der Waals surface area contributed by atoms with Gasteiger partial charge in [-0.2, -0.15) is 5.26 Å². The van der Waals surface area contributed by atoms with E-state index in [4.69, 9.17) is 10.00 Å². The van der Waals surface area contributed by atoms with Crippen molar-refractivity contribution < 1.29 is 9.53 Å². The predicted octanol–water partition coefficient (Wildman–Crippen LogP) is 2.55. The second-order valence-electron chi connectivity index (χ2n) is 4.34. The van der Waals surface area contributed by atoms with Gasteiger partial charge in [-0.15, -0.1) is 0 Å². The zero-order valence-corrected chi connectivity index (χ0v) is 11.6. The molecule has 0 aliphatic heterocycles. The number of esters is 1. The topological polar surface area (TPSA) is 62.1 Å². The number of carbonyl (C=O) groups excluding carboxylic acids is 1. The summed E-state index contributed by atoms with van der Waals surface area (Å²) >= 11 is 0. The van der Waals surface area contributed by atoms with Crippen LogP contribution < -0.4 is 5.32 Å². The van der Waals surface area contributed by atoms with E-state index in [-0.39, 0.29) is 18.1 Å². The summed E-state index contributed by atoms with van der Waals surface area (Å²) in [5, 5.41) is 12.0. The van der Waals surface area contributed by atoms with Gasteiger partial charge in [-0.1, -0.05) is 19.1 Å². The van der Waals surface area contributed by atoms with Gasteiger partial charge in [0, 0.05) is 6.04 Å². The summed E-state index contributed by atoms with van der Waals surface area (Å²) in [4.78, 5) is 11.7. The number of carbonyl (C=O) groups is 1. The number of rotatable bonds is 6. The highest BCUT2D eigenvalue weighted by atomic mass is 16.5. The molecule has 4 nitrogen and oxygen atoms in total. The summed E-state index contributed by atoms with van der Waals surface area (Å²) in [5.41, 5.74) is 1.68. The molecule has 0 unspecified atom stereocenters. The number of hydrogen-bond donors (Lipinski definition) is 1. The lowest BCUT2D eigenvalue weighted by Gasteiger charge is -2.21. The van der Waals surface area contributed by atoms with Crippen LogP contribution >= 0.6 is 0 Å². The van der Waals surface area contributed by atoms with E-state index < -0.39 is 0 Å². The Morgan fingerprint density at radius 3 is 2.47 bits per heavy atom. The molecule has 0 bridgehead atoms. The minimum Gasteiger partial charge on any atom is -0.465 e. The average molecular weight is 260 g/mol. The van der Waals surface area contributed by atoms with Crippen LogP contribution in [0.5, 0.6) is 0 Å². The Labute approximate surface area is 114 Å². The molecule has 0 spiro atoms. The highest BCUT2D eigenvalue weighted by Crippen LogP contribution is 2.14. The van der Waals surface area contributed by atoms with Gasteiger partial charge in [0.1, 0.15) is 6.04 Å². The van der Waals surface area contributed by atoms with E-state index in [0.29, 0.717) is 18.6 Å². The van der Waals surface area contributed by atoms with Crippen molar-refractivity contribution >= 4 is 5.97 Å². The van der Waals surface area contributed by atoms with Crippen molar-refractivity contribution in [1.29, 1.82) is 5.26 Å². The van der Waals surface area contributed by atoms with E-state index in [0.717, 1.165) is 5.56 Å². The Hall–Kier alpha value is -1.86. The Kier molecular flexibility index (Phi) is 6.04. The summed E-state index contributed by atoms with van der Waals surface area (Å²) < 4.78 is 5.02. The van der Waals surface area contributed by atoms with Gasteiger partial charge in [0.05, 0.1) is 18.2 Å². The van der Waals surface area contributed by atoms with Crippen LogP contribution in [-0.4, -0.2) is 18.6 Å². The third kappa shape index (κ3) is 4.38. The van der Waals surface area contributed by atoms with E-state index in [1.54, 1.807) is 19.1 Å². The fraction of sp³-hybridized carbons (Fsp3) is 0.467. The molecule has 0 saturated heterocycles. The summed E-state index contributed by atoms with van der Waals surface area (Å²) in [5.74, 6) is -0.217. The molecular weight excluding hydrogens is 240 g/mol. The molecule has 2 atom stereocenters. The number of nitrogens with zero attached hydrogens (tertiary/aromatic N) is 1. The monoisotopic (exact) mass is 260 g/mol. The zero-order valence-electron chi connectivity index (χ0n) is 11.6. The molecule has 0 aliphatic rings. The van der Waals surface area contributed by atoms with Crippen molar-refractivity contribution in [3.8, 4) is 6.07 Å². The van der Waals surface area contributed by atoms with E-state index >= 15 is 0 Å². The normalized spacial score (nSPS) is 13.4. The molecule has 4 heteroatoms. The van der Waals surface area contributed by atoms with Gasteiger partial charge in [-0.25, -0.2) is 0 Å². The average Bonchev–Trinajstić information content (AvgIpc) is 2.44. The number of ether oxygens (including phenoxy) is 1. The molecule has 102 valence electrons. The van der Waals surface area contributed by atoms with Crippen molar-refractivity contribution in [1.82, 2.24) is 5.32 Å². The fourth-order valence-corrected chi connectivity index (χ4v) is 1.84. The van der Waals surface area contributed by atoms with E-state index in [9.17, 15) is 4.79 Å². The fourth-order valence-electron chi connectivity index (χ4n) is 1.84. The molecule has 0 aromatic heterocycles. The summed E-state index contributed by atoms with van der Waals surface area (Å²) in [6.07, 6.45) is 0.680. The molecule has 1 aromatic carbocycles. The van der Waals surface area contributed by atoms with Crippen LogP contribution in [0.3, 0.4) is 0 Å². The second-order valence-corrected chi connectivity index (χ2v) is 4.34. The largest absolute Gasteiger partial charge is 0.465 e. The van der Waals surface area contributed by atoms with Crippen LogP contribution in [0.2, 0.25) is 0 Å². The minimum absolute atomic E-state index is 0.0297. The Balaban J connectivity index is 2.68. The van der Waals surface area contributed by atoms with Gasteiger partial charge in [0.2, 0.25) is 0 Å². The number of nitriles is 1. The van der Waals surface area contributed by atoms with Gasteiger partial charge in [0.25, 0.3) is 0 Å². The van der Waals surface area contributed by atoms with E-state index in [2.05, 4.69) is 11.4 Å². The van der Waals surface area contributed by atoms with Gasteiger partial charge < -0.3 is 4.74 Å². The molecule has 0 saturated carbocycles. The summed E-state index contributed by atoms with van der Waals surface area (Å²) in [6, 6.07) is 9.16. The summed E-state index contributed by atoms with van der Waals surface area (Å²) in [6.45, 7) is 6.13. The van der Waals surface area contributed by atoms with Crippen molar-refractivity contribution in [2.45, 2.75) is 39.3 Å². The first-order valence-electron chi connectivity index (χ1n) is 6.55. The van der Waals surface area contributed by atoms with Crippen LogP contribution in [0.4, 0.5) is 0 Å². The van der Waals surface area contributed by atoms with E-state index in [1.807, 2.05) is 26.0 Å². The number of hydrogen-bond acceptors (Lipinski definition) is 4. The van der Waals surface area contributed by atoms with Crippen molar-refractivity contribution in [3.05, 3.63) is 35.4 Å². The third-order valence-corrected chi connectivity index (χ3v) is 2.97. The maximum Gasteiger partial charge on any atom is 0.323 e. The first-order valence-corrected chi connectivity index (χ1v) is 6.55. The molecule has 0 radical (unpaired) electrons. The molecular formula is C15H20N2O2. The number of nitrogens with one attached hydrogen (secondary N) is 1. The molecule has 1 N–H and O–H groups in total. The standard InChI is InChI=1S/C15H20N2O2/c1-4-14(15(18)19-5-2)17-11(3)13-8-6-12(10-16)7-9-13/h6-9,11,14,17H,4-5H2,1-3H3/t11-,14-/m1/s1. The Bertz CT molecular complexity index is 448. The van der Waals surface area contributed by atoms with Crippen LogP contribution in [0.15, 0.2) is 24.3 Å². The smallest absolute Gasteiger partial charge is 0.323 e. The van der Waals surface area contributed by atoms with Crippen molar-refractivity contribution in [2.75, 3.05) is 6.61 Å². The molecule has 0 aliphatic carbocycles. The lowest BCUT2D eigenvalue weighted by atomic mass is 10.0. The molecule has 0 heterocycles. The van der Waals surface area contributed by atoms with Gasteiger partial charge in [-0.3, -0.25) is 10.1 Å². The highest BCUT2D eigenvalue weighted by molar-refractivity contribution is 5.75. The maximum atomic E-state index is 11.7. The molecule has 1 aromatic rings. The molecule has 19 heavy (non-hydrogen) atoms. The molecule has 1 rings (SSSR count). The molecule has 0 amide bonds. The SMILES string of the molecule is CCOC(=O)[C@@H](CC)N[C@H](C)c1ccc(C#N)cc1. The summed E-state index contributed by atoms with van der Waals surface area (Å²) in [7, 11) is 0. The predicted molar refractivity (Wildman–Crippen MR) is 73.4 cm³/mol. The highest BCUT2D eigenvalue weighted by Gasteiger charge is 2.20. The van der Waals surface area contributed by atoms with Crippen molar-refractivity contribution in [2.24, 2.45) is 0 Å². The van der Waals surface area contributed by atoms with Gasteiger partial charge in [0.15, 0.2) is 0 Å². The quantitative estimate of drug-likeness (QED) is 0.798. The zero-order chi connectivity index (χ0) is 14.3. The first-order chi connectivity index (χ1) is 9.12. The van der Waals surface area contributed by atoms with Crippen LogP contribution in [0, 0.1) is 11.3 Å². The van der Waals surface area contributed by atoms with Crippen LogP contribution in [-0.2, 0) is 9.53 Å². The lowest BCUT2D eigenvalue weighted by molar-refractivity contribution is -0.145. The number of benzene rings is 1. The Morgan fingerprint density at radius 2 is 2.00 bits per heavy atom. The van der Waals surface area contributed by atoms with Crippen molar-refractivity contribution in [3.63, 3.8) is 0 Å². The third-order valence-electron chi connectivity index (χ3n) is 2.97. The van der Waals surface area contributed by atoms with Crippen LogP contribution in [0.25, 0.3) is 0 Å². The van der Waals surface area contributed by atoms with Gasteiger partial charge in [-0.05, 0) is 38.0 Å². The lowest BCUT2D eigenvalue weighted by Crippen LogP contribution is -2.39. The van der Waals surface area contributed by atoms with Crippen LogP contribution in [0.1, 0.15) is 44.4 Å². The maximum absolute atomic E-state index is 11.7. The van der Waals surface area contributed by atoms with Gasteiger partial charge >= 0.3 is 5.97 Å². The minimum atomic E-state index is -0.300.